The van der Waals surface area contributed by atoms with E-state index in [0.717, 1.165) is 19.8 Å². The predicted octanol–water partition coefficient (Wildman–Crippen LogP) is 2.16. The molecule has 1 saturated heterocycles. The summed E-state index contributed by atoms with van der Waals surface area (Å²) in [6.45, 7) is 6.24. The number of hydrogen-bond acceptors (Lipinski definition) is 5. The third-order valence-electron chi connectivity index (χ3n) is 5.17. The monoisotopic (exact) mass is 467 g/mol. The molecule has 2 atom stereocenters. The number of likely N-dealkylation sites (tertiary alicyclic amines) is 1. The van der Waals surface area contributed by atoms with E-state index < -0.39 is 11.9 Å². The minimum absolute atomic E-state index is 0.0714. The molecule has 0 aromatic carbocycles. The maximum absolute atomic E-state index is 12.9. The van der Waals surface area contributed by atoms with Gasteiger partial charge in [-0.25, -0.2) is 0 Å². The van der Waals surface area contributed by atoms with E-state index in [1.54, 1.807) is 11.8 Å². The first-order chi connectivity index (χ1) is 13.2. The summed E-state index contributed by atoms with van der Waals surface area (Å²) < 4.78 is 0.944. The molecule has 0 radical (unpaired) electrons. The highest BCUT2D eigenvalue weighted by Gasteiger charge is 2.37. The van der Waals surface area contributed by atoms with E-state index in [-0.39, 0.29) is 36.6 Å². The fraction of sp³-hybridized carbons (Fsp3) is 0.474. The quantitative estimate of drug-likeness (QED) is 0.542. The minimum atomic E-state index is -0.861. The van der Waals surface area contributed by atoms with Crippen LogP contribution in [-0.2, 0) is 14.4 Å². The number of hydrogen-bond donors (Lipinski definition) is 1. The molecular formula is C19H22BrN3O4S. The summed E-state index contributed by atoms with van der Waals surface area (Å²) in [5.41, 5.74) is 2.01. The van der Waals surface area contributed by atoms with Crippen LogP contribution in [0.5, 0.6) is 0 Å². The average Bonchev–Trinajstić information content (AvgIpc) is 3.13. The normalized spacial score (nSPS) is 20.6. The average molecular weight is 468 g/mol. The lowest BCUT2D eigenvalue weighted by molar-refractivity contribution is -0.146. The summed E-state index contributed by atoms with van der Waals surface area (Å²) in [5.74, 6) is -1.12. The molecule has 0 bridgehead atoms. The van der Waals surface area contributed by atoms with Crippen molar-refractivity contribution in [3.05, 3.63) is 31.9 Å². The Balaban J connectivity index is 1.65. The van der Waals surface area contributed by atoms with Gasteiger partial charge in [0.15, 0.2) is 0 Å². The van der Waals surface area contributed by atoms with Crippen molar-refractivity contribution in [3.63, 3.8) is 0 Å². The molecule has 0 spiro atoms. The van der Waals surface area contributed by atoms with E-state index in [1.807, 2.05) is 26.0 Å². The van der Waals surface area contributed by atoms with E-state index in [9.17, 15) is 19.2 Å². The number of halogens is 1. The van der Waals surface area contributed by atoms with Crippen LogP contribution >= 0.6 is 27.3 Å². The van der Waals surface area contributed by atoms with Crippen LogP contribution in [0.1, 0.15) is 40.6 Å². The van der Waals surface area contributed by atoms with Crippen LogP contribution in [0.4, 0.5) is 0 Å². The highest BCUT2D eigenvalue weighted by Crippen LogP contribution is 2.33. The van der Waals surface area contributed by atoms with Crippen molar-refractivity contribution in [1.29, 1.82) is 0 Å². The van der Waals surface area contributed by atoms with Gasteiger partial charge in [-0.1, -0.05) is 12.2 Å². The molecule has 4 amide bonds. The molecule has 3 heterocycles. The molecule has 1 aromatic heterocycles. The SMILES string of the molecule is Cc1c(Br)sc(C(=O)N2CC=CC(NC(=O)C(C)N3C(=O)CCC3=O)C2)c1C. The van der Waals surface area contributed by atoms with Gasteiger partial charge in [-0.15, -0.1) is 11.3 Å². The number of carbonyl (C=O) groups excluding carboxylic acids is 4. The summed E-state index contributed by atoms with van der Waals surface area (Å²) in [4.78, 5) is 52.5. The Kier molecular flexibility index (Phi) is 6.04. The van der Waals surface area contributed by atoms with Crippen molar-refractivity contribution in [1.82, 2.24) is 15.1 Å². The molecule has 2 unspecified atom stereocenters. The van der Waals surface area contributed by atoms with Crippen LogP contribution in [0.2, 0.25) is 0 Å². The lowest BCUT2D eigenvalue weighted by Crippen LogP contribution is -2.53. The lowest BCUT2D eigenvalue weighted by Gasteiger charge is -2.31. The molecule has 1 N–H and O–H groups in total. The minimum Gasteiger partial charge on any atom is -0.346 e. The highest BCUT2D eigenvalue weighted by atomic mass is 79.9. The van der Waals surface area contributed by atoms with Crippen LogP contribution in [0.15, 0.2) is 15.9 Å². The first-order valence-electron chi connectivity index (χ1n) is 9.07. The van der Waals surface area contributed by atoms with E-state index in [0.29, 0.717) is 18.0 Å². The Morgan fingerprint density at radius 3 is 2.43 bits per heavy atom. The fourth-order valence-electron chi connectivity index (χ4n) is 3.34. The molecule has 0 aliphatic carbocycles. The van der Waals surface area contributed by atoms with Crippen LogP contribution in [0.3, 0.4) is 0 Å². The number of imide groups is 1. The Bertz CT molecular complexity index is 863. The Morgan fingerprint density at radius 2 is 1.86 bits per heavy atom. The maximum Gasteiger partial charge on any atom is 0.264 e. The van der Waals surface area contributed by atoms with Gasteiger partial charge in [-0.2, -0.15) is 0 Å². The van der Waals surface area contributed by atoms with Gasteiger partial charge < -0.3 is 10.2 Å². The summed E-state index contributed by atoms with van der Waals surface area (Å²) in [5, 5.41) is 2.83. The van der Waals surface area contributed by atoms with Gasteiger partial charge in [0.1, 0.15) is 6.04 Å². The second-order valence-corrected chi connectivity index (χ2v) is 9.38. The van der Waals surface area contributed by atoms with E-state index >= 15 is 0 Å². The molecule has 2 aliphatic heterocycles. The fourth-order valence-corrected chi connectivity index (χ4v) is 5.13. The Morgan fingerprint density at radius 1 is 1.21 bits per heavy atom. The zero-order chi connectivity index (χ0) is 20.6. The molecule has 28 heavy (non-hydrogen) atoms. The second-order valence-electron chi connectivity index (χ2n) is 7.04. The molecule has 9 heteroatoms. The first-order valence-corrected chi connectivity index (χ1v) is 10.7. The van der Waals surface area contributed by atoms with Gasteiger partial charge in [0.25, 0.3) is 5.91 Å². The number of rotatable bonds is 4. The van der Waals surface area contributed by atoms with Crippen LogP contribution in [0.25, 0.3) is 0 Å². The molecule has 3 rings (SSSR count). The zero-order valence-corrected chi connectivity index (χ0v) is 18.4. The first kappa shape index (κ1) is 20.7. The van der Waals surface area contributed by atoms with Crippen molar-refractivity contribution in [2.24, 2.45) is 0 Å². The molecule has 7 nitrogen and oxygen atoms in total. The molecule has 0 saturated carbocycles. The lowest BCUT2D eigenvalue weighted by atomic mass is 10.1. The summed E-state index contributed by atoms with van der Waals surface area (Å²) in [7, 11) is 0. The van der Waals surface area contributed by atoms with Crippen molar-refractivity contribution in [3.8, 4) is 0 Å². The van der Waals surface area contributed by atoms with E-state index in [2.05, 4.69) is 21.2 Å². The predicted molar refractivity (Wildman–Crippen MR) is 109 cm³/mol. The summed E-state index contributed by atoms with van der Waals surface area (Å²) >= 11 is 4.89. The van der Waals surface area contributed by atoms with Crippen molar-refractivity contribution in [2.75, 3.05) is 13.1 Å². The Labute approximate surface area is 175 Å². The number of nitrogens with zero attached hydrogens (tertiary/aromatic N) is 2. The van der Waals surface area contributed by atoms with Gasteiger partial charge >= 0.3 is 0 Å². The van der Waals surface area contributed by atoms with Gasteiger partial charge in [0.05, 0.1) is 14.7 Å². The molecule has 1 fully saturated rings. The van der Waals surface area contributed by atoms with Gasteiger partial charge in [-0.05, 0) is 47.8 Å². The van der Waals surface area contributed by atoms with Crippen molar-refractivity contribution < 1.29 is 19.2 Å². The number of amides is 4. The molecule has 2 aliphatic rings. The van der Waals surface area contributed by atoms with Crippen LogP contribution in [-0.4, -0.2) is 58.6 Å². The third kappa shape index (κ3) is 3.91. The van der Waals surface area contributed by atoms with Crippen LogP contribution < -0.4 is 5.32 Å². The highest BCUT2D eigenvalue weighted by molar-refractivity contribution is 9.11. The molecule has 1 aromatic rings. The van der Waals surface area contributed by atoms with Gasteiger partial charge in [0, 0.05) is 25.9 Å². The van der Waals surface area contributed by atoms with Crippen molar-refractivity contribution >= 4 is 50.9 Å². The standard InChI is InChI=1S/C19H22BrN3O4S/c1-10-11(2)17(20)28-16(10)19(27)22-8-4-5-13(9-22)21-18(26)12(3)23-14(24)6-7-15(23)25/h4-5,12-13H,6-9H2,1-3H3,(H,21,26). The maximum atomic E-state index is 12.9. The zero-order valence-electron chi connectivity index (χ0n) is 16.0. The second kappa shape index (κ2) is 8.16. The van der Waals surface area contributed by atoms with E-state index in [4.69, 9.17) is 0 Å². The molecular weight excluding hydrogens is 446 g/mol. The van der Waals surface area contributed by atoms with Crippen molar-refractivity contribution in [2.45, 2.75) is 45.7 Å². The largest absolute Gasteiger partial charge is 0.346 e. The van der Waals surface area contributed by atoms with E-state index in [1.165, 1.54) is 11.3 Å². The summed E-state index contributed by atoms with van der Waals surface area (Å²) in [6, 6.07) is -1.23. The summed E-state index contributed by atoms with van der Waals surface area (Å²) in [6.07, 6.45) is 3.98. The van der Waals surface area contributed by atoms with Crippen LogP contribution in [0, 0.1) is 13.8 Å². The third-order valence-corrected chi connectivity index (χ3v) is 7.42. The van der Waals surface area contributed by atoms with Gasteiger partial charge in [0.2, 0.25) is 17.7 Å². The molecule has 150 valence electrons. The smallest absolute Gasteiger partial charge is 0.264 e. The Hall–Kier alpha value is -2.00. The number of carbonyl (C=O) groups is 4. The number of thiophene rings is 1. The number of nitrogens with one attached hydrogen (secondary N) is 1. The van der Waals surface area contributed by atoms with Gasteiger partial charge in [-0.3, -0.25) is 24.1 Å². The topological polar surface area (TPSA) is 86.8 Å².